The minimum Gasteiger partial charge on any atom is -0.460 e. The van der Waals surface area contributed by atoms with E-state index in [1.165, 1.54) is 0 Å². The van der Waals surface area contributed by atoms with Crippen LogP contribution >= 0.6 is 0 Å². The summed E-state index contributed by atoms with van der Waals surface area (Å²) in [4.78, 5) is 24.9. The maximum absolute atomic E-state index is 11.4. The average molecular weight is 360 g/mol. The van der Waals surface area contributed by atoms with Crippen LogP contribution in [0.15, 0.2) is 18.3 Å². The molecule has 9 nitrogen and oxygen atoms in total. The number of hydrogen-bond acceptors (Lipinski definition) is 8. The molecule has 26 heavy (non-hydrogen) atoms. The number of nitrogens with two attached hydrogens (primary N) is 1. The molecule has 0 saturated carbocycles. The summed E-state index contributed by atoms with van der Waals surface area (Å²) in [6.45, 7) is 6.21. The Bertz CT molecular complexity index is 766. The maximum atomic E-state index is 11.4. The van der Waals surface area contributed by atoms with Crippen molar-refractivity contribution in [2.75, 3.05) is 17.7 Å². The molecule has 0 bridgehead atoms. The molecule has 0 amide bonds. The van der Waals surface area contributed by atoms with E-state index in [-0.39, 0.29) is 29.4 Å². The number of ether oxygens (including phenoxy) is 1. The molecule has 140 valence electrons. The van der Waals surface area contributed by atoms with Gasteiger partial charge >= 0.3 is 11.7 Å². The van der Waals surface area contributed by atoms with E-state index in [4.69, 9.17) is 10.5 Å². The number of pyridine rings is 1. The average Bonchev–Trinajstić information content (AvgIpc) is 2.56. The first kappa shape index (κ1) is 19.4. The van der Waals surface area contributed by atoms with E-state index in [9.17, 15) is 10.1 Å². The fourth-order valence-electron chi connectivity index (χ4n) is 2.52. The van der Waals surface area contributed by atoms with Gasteiger partial charge in [0.1, 0.15) is 0 Å². The normalized spacial score (nSPS) is 11.8. The van der Waals surface area contributed by atoms with Crippen LogP contribution in [-0.2, 0) is 6.54 Å². The van der Waals surface area contributed by atoms with Crippen molar-refractivity contribution in [2.45, 2.75) is 46.3 Å². The van der Waals surface area contributed by atoms with Crippen LogP contribution in [0, 0.1) is 17.0 Å². The first-order valence-corrected chi connectivity index (χ1v) is 8.43. The van der Waals surface area contributed by atoms with E-state index < -0.39 is 4.92 Å². The first-order valence-electron chi connectivity index (χ1n) is 8.43. The minimum atomic E-state index is -0.576. The summed E-state index contributed by atoms with van der Waals surface area (Å²) in [6, 6.07) is 3.83. The number of nitrogens with zero attached hydrogens (tertiary/aromatic N) is 5. The molecule has 2 aromatic heterocycles. The van der Waals surface area contributed by atoms with Crippen molar-refractivity contribution in [1.29, 1.82) is 0 Å². The van der Waals surface area contributed by atoms with Crippen molar-refractivity contribution in [2.24, 2.45) is 0 Å². The fourth-order valence-corrected chi connectivity index (χ4v) is 2.52. The van der Waals surface area contributed by atoms with Crippen LogP contribution in [-0.4, -0.2) is 33.0 Å². The van der Waals surface area contributed by atoms with Gasteiger partial charge in [-0.3, -0.25) is 15.1 Å². The van der Waals surface area contributed by atoms with Gasteiger partial charge in [0.05, 0.1) is 11.0 Å². The van der Waals surface area contributed by atoms with Crippen molar-refractivity contribution in [3.8, 4) is 6.01 Å². The van der Waals surface area contributed by atoms with Crippen LogP contribution in [0.3, 0.4) is 0 Å². The molecule has 0 saturated heterocycles. The van der Waals surface area contributed by atoms with Gasteiger partial charge in [-0.15, -0.1) is 0 Å². The van der Waals surface area contributed by atoms with Gasteiger partial charge in [0, 0.05) is 25.5 Å². The molecule has 0 aliphatic carbocycles. The molecule has 0 aromatic carbocycles. The van der Waals surface area contributed by atoms with Crippen molar-refractivity contribution < 1.29 is 9.66 Å². The van der Waals surface area contributed by atoms with E-state index in [1.807, 2.05) is 32.9 Å². The maximum Gasteiger partial charge on any atom is 0.353 e. The van der Waals surface area contributed by atoms with Crippen LogP contribution in [0.4, 0.5) is 17.3 Å². The molecular weight excluding hydrogens is 336 g/mol. The van der Waals surface area contributed by atoms with E-state index in [2.05, 4.69) is 15.0 Å². The lowest BCUT2D eigenvalue weighted by Crippen LogP contribution is -2.22. The summed E-state index contributed by atoms with van der Waals surface area (Å²) < 4.78 is 5.66. The Morgan fingerprint density at radius 2 is 2.12 bits per heavy atom. The number of hydrogen-bond donors (Lipinski definition) is 1. The topological polar surface area (TPSA) is 120 Å². The number of aromatic nitrogens is 3. The summed E-state index contributed by atoms with van der Waals surface area (Å²) in [6.07, 6.45) is 3.38. The van der Waals surface area contributed by atoms with E-state index >= 15 is 0 Å². The van der Waals surface area contributed by atoms with Gasteiger partial charge in [-0.2, -0.15) is 9.97 Å². The lowest BCUT2D eigenvalue weighted by molar-refractivity contribution is -0.383. The molecule has 0 radical (unpaired) electrons. The molecule has 0 aliphatic heterocycles. The first-order chi connectivity index (χ1) is 12.3. The van der Waals surface area contributed by atoms with Gasteiger partial charge in [-0.1, -0.05) is 19.4 Å². The third kappa shape index (κ3) is 4.78. The number of aryl methyl sites for hydroxylation is 1. The SMILES string of the molecule is CCC[C@H](C)Oc1nc(N)c([N+](=O)[O-])c(N(C)Cc2ccc(C)nc2)n1. The Balaban J connectivity index is 2.34. The van der Waals surface area contributed by atoms with Crippen molar-refractivity contribution in [1.82, 2.24) is 15.0 Å². The molecule has 0 aliphatic rings. The zero-order valence-corrected chi connectivity index (χ0v) is 15.5. The van der Waals surface area contributed by atoms with Gasteiger partial charge in [-0.05, 0) is 31.9 Å². The summed E-state index contributed by atoms with van der Waals surface area (Å²) >= 11 is 0. The number of rotatable bonds is 8. The molecule has 0 spiro atoms. The van der Waals surface area contributed by atoms with Gasteiger partial charge in [0.15, 0.2) is 0 Å². The Morgan fingerprint density at radius 1 is 1.38 bits per heavy atom. The quantitative estimate of drug-likeness (QED) is 0.563. The second-order valence-corrected chi connectivity index (χ2v) is 6.20. The van der Waals surface area contributed by atoms with Crippen LogP contribution in [0.1, 0.15) is 37.9 Å². The van der Waals surface area contributed by atoms with Crippen LogP contribution in [0.25, 0.3) is 0 Å². The zero-order valence-electron chi connectivity index (χ0n) is 15.5. The molecule has 2 heterocycles. The highest BCUT2D eigenvalue weighted by Gasteiger charge is 2.27. The predicted octanol–water partition coefficient (Wildman–Crippen LogP) is 2.87. The third-order valence-electron chi connectivity index (χ3n) is 3.81. The van der Waals surface area contributed by atoms with E-state index in [1.54, 1.807) is 18.1 Å². The largest absolute Gasteiger partial charge is 0.460 e. The molecule has 2 aromatic rings. The summed E-state index contributed by atoms with van der Waals surface area (Å²) in [5, 5.41) is 11.4. The van der Waals surface area contributed by atoms with Crippen molar-refractivity contribution >= 4 is 17.3 Å². The molecule has 2 rings (SSSR count). The summed E-state index contributed by atoms with van der Waals surface area (Å²) in [5.74, 6) is -0.102. The lowest BCUT2D eigenvalue weighted by Gasteiger charge is -2.20. The second-order valence-electron chi connectivity index (χ2n) is 6.20. The number of nitrogen functional groups attached to an aromatic ring is 1. The Morgan fingerprint density at radius 3 is 2.69 bits per heavy atom. The highest BCUT2D eigenvalue weighted by Crippen LogP contribution is 2.33. The van der Waals surface area contributed by atoms with Crippen molar-refractivity contribution in [3.63, 3.8) is 0 Å². The van der Waals surface area contributed by atoms with Gasteiger partial charge < -0.3 is 15.4 Å². The molecular formula is C17H24N6O3. The Labute approximate surface area is 152 Å². The minimum absolute atomic E-state index is 0.0398. The highest BCUT2D eigenvalue weighted by atomic mass is 16.6. The number of nitro groups is 1. The smallest absolute Gasteiger partial charge is 0.353 e. The van der Waals surface area contributed by atoms with E-state index in [0.29, 0.717) is 6.54 Å². The third-order valence-corrected chi connectivity index (χ3v) is 3.81. The predicted molar refractivity (Wildman–Crippen MR) is 99.2 cm³/mol. The molecule has 2 N–H and O–H groups in total. The summed E-state index contributed by atoms with van der Waals surface area (Å²) in [7, 11) is 1.70. The second kappa shape index (κ2) is 8.41. The molecule has 1 atom stereocenters. The molecule has 0 fully saturated rings. The van der Waals surface area contributed by atoms with E-state index in [0.717, 1.165) is 24.1 Å². The molecule has 9 heteroatoms. The van der Waals surface area contributed by atoms with Gasteiger partial charge in [0.25, 0.3) is 0 Å². The van der Waals surface area contributed by atoms with Crippen molar-refractivity contribution in [3.05, 3.63) is 39.7 Å². The highest BCUT2D eigenvalue weighted by molar-refractivity contribution is 5.69. The lowest BCUT2D eigenvalue weighted by atomic mass is 10.2. The summed E-state index contributed by atoms with van der Waals surface area (Å²) in [5.41, 5.74) is 7.27. The monoisotopic (exact) mass is 360 g/mol. The number of anilines is 2. The zero-order chi connectivity index (χ0) is 19.3. The fraction of sp³-hybridized carbons (Fsp3) is 0.471. The van der Waals surface area contributed by atoms with Crippen LogP contribution < -0.4 is 15.4 Å². The van der Waals surface area contributed by atoms with Gasteiger partial charge in [-0.25, -0.2) is 0 Å². The standard InChI is InChI=1S/C17H24N6O3/c1-5-6-12(3)26-17-20-15(18)14(23(24)25)16(21-17)22(4)10-13-8-7-11(2)19-9-13/h7-9,12H,5-6,10H2,1-4H3,(H2,18,20,21)/t12-/m0/s1. The van der Waals surface area contributed by atoms with Crippen LogP contribution in [0.2, 0.25) is 0 Å². The Hall–Kier alpha value is -2.97. The van der Waals surface area contributed by atoms with Crippen LogP contribution in [0.5, 0.6) is 6.01 Å². The Kier molecular flexibility index (Phi) is 6.26. The molecule has 0 unspecified atom stereocenters. The van der Waals surface area contributed by atoms with Gasteiger partial charge in [0.2, 0.25) is 11.6 Å².